The normalized spacial score (nSPS) is 12.4. The Bertz CT molecular complexity index is 569. The van der Waals surface area contributed by atoms with E-state index in [1.807, 2.05) is 19.1 Å². The average molecular weight is 312 g/mol. The third-order valence-electron chi connectivity index (χ3n) is 3.23. The van der Waals surface area contributed by atoms with Gasteiger partial charge in [-0.15, -0.1) is 0 Å². The molecule has 0 aliphatic rings. The first-order chi connectivity index (χ1) is 9.58. The molecule has 0 aliphatic heterocycles. The van der Waals surface area contributed by atoms with Crippen LogP contribution in [0.2, 0.25) is 10.0 Å². The molecule has 0 heterocycles. The molecule has 4 heteroatoms. The maximum Gasteiger partial charge on any atom is 0.123 e. The largest absolute Gasteiger partial charge is 0.310 e. The first-order valence-electron chi connectivity index (χ1n) is 6.49. The summed E-state index contributed by atoms with van der Waals surface area (Å²) in [5.74, 6) is -0.208. The number of nitrogens with one attached hydrogen (secondary N) is 1. The monoisotopic (exact) mass is 311 g/mol. The molecule has 2 aromatic carbocycles. The van der Waals surface area contributed by atoms with Crippen molar-refractivity contribution in [2.75, 3.05) is 6.54 Å². The second kappa shape index (κ2) is 7.07. The van der Waals surface area contributed by atoms with Gasteiger partial charge in [0.1, 0.15) is 5.82 Å². The maximum atomic E-state index is 12.8. The van der Waals surface area contributed by atoms with Crippen molar-refractivity contribution in [3.05, 3.63) is 69.5 Å². The third-order valence-corrected chi connectivity index (χ3v) is 4.06. The highest BCUT2D eigenvalue weighted by Crippen LogP contribution is 2.29. The molecule has 1 nitrogen and oxygen atoms in total. The number of hydrogen-bond acceptors (Lipinski definition) is 1. The quantitative estimate of drug-likeness (QED) is 0.817. The molecule has 0 radical (unpaired) electrons. The SMILES string of the molecule is CC(NCCc1ccc(F)cc1)c1cccc(Cl)c1Cl. The summed E-state index contributed by atoms with van der Waals surface area (Å²) in [5, 5.41) is 4.55. The molecule has 1 N–H and O–H groups in total. The van der Waals surface area contributed by atoms with Crippen molar-refractivity contribution >= 4 is 23.2 Å². The van der Waals surface area contributed by atoms with Crippen molar-refractivity contribution < 1.29 is 4.39 Å². The Balaban J connectivity index is 1.90. The van der Waals surface area contributed by atoms with E-state index in [2.05, 4.69) is 5.32 Å². The summed E-state index contributed by atoms with van der Waals surface area (Å²) < 4.78 is 12.8. The zero-order valence-electron chi connectivity index (χ0n) is 11.2. The highest BCUT2D eigenvalue weighted by Gasteiger charge is 2.10. The zero-order valence-corrected chi connectivity index (χ0v) is 12.7. The molecule has 20 heavy (non-hydrogen) atoms. The van der Waals surface area contributed by atoms with Crippen LogP contribution in [0, 0.1) is 5.82 Å². The van der Waals surface area contributed by atoms with Crippen molar-refractivity contribution in [1.82, 2.24) is 5.32 Å². The summed E-state index contributed by atoms with van der Waals surface area (Å²) in [6.45, 7) is 2.83. The molecule has 2 rings (SSSR count). The Morgan fingerprint density at radius 1 is 1.10 bits per heavy atom. The van der Waals surface area contributed by atoms with Crippen LogP contribution >= 0.6 is 23.2 Å². The lowest BCUT2D eigenvalue weighted by molar-refractivity contribution is 0.576. The van der Waals surface area contributed by atoms with Crippen LogP contribution in [0.4, 0.5) is 4.39 Å². The molecular weight excluding hydrogens is 296 g/mol. The minimum atomic E-state index is -0.208. The molecule has 0 fully saturated rings. The van der Waals surface area contributed by atoms with Crippen LogP contribution in [-0.2, 0) is 6.42 Å². The minimum absolute atomic E-state index is 0.113. The Hall–Kier alpha value is -1.09. The molecule has 1 atom stereocenters. The van der Waals surface area contributed by atoms with Crippen LogP contribution in [0.3, 0.4) is 0 Å². The Kier molecular flexibility index (Phi) is 5.41. The third kappa shape index (κ3) is 3.95. The van der Waals surface area contributed by atoms with Gasteiger partial charge in [-0.1, -0.05) is 47.5 Å². The second-order valence-electron chi connectivity index (χ2n) is 4.70. The Morgan fingerprint density at radius 2 is 1.80 bits per heavy atom. The molecule has 0 saturated carbocycles. The van der Waals surface area contributed by atoms with Gasteiger partial charge in [-0.25, -0.2) is 4.39 Å². The van der Waals surface area contributed by atoms with Gasteiger partial charge >= 0.3 is 0 Å². The van der Waals surface area contributed by atoms with Crippen molar-refractivity contribution in [3.63, 3.8) is 0 Å². The van der Waals surface area contributed by atoms with Gasteiger partial charge < -0.3 is 5.32 Å². The van der Waals surface area contributed by atoms with E-state index in [-0.39, 0.29) is 11.9 Å². The fourth-order valence-electron chi connectivity index (χ4n) is 2.05. The van der Waals surface area contributed by atoms with Crippen LogP contribution in [-0.4, -0.2) is 6.54 Å². The van der Waals surface area contributed by atoms with E-state index in [9.17, 15) is 4.39 Å². The highest BCUT2D eigenvalue weighted by atomic mass is 35.5. The number of rotatable bonds is 5. The number of hydrogen-bond donors (Lipinski definition) is 1. The second-order valence-corrected chi connectivity index (χ2v) is 5.48. The van der Waals surface area contributed by atoms with Crippen LogP contribution in [0.15, 0.2) is 42.5 Å². The fraction of sp³-hybridized carbons (Fsp3) is 0.250. The predicted octanol–water partition coefficient (Wildman–Crippen LogP) is 5.03. The average Bonchev–Trinajstić information content (AvgIpc) is 2.44. The lowest BCUT2D eigenvalue weighted by Gasteiger charge is -2.16. The fourth-order valence-corrected chi connectivity index (χ4v) is 2.52. The zero-order chi connectivity index (χ0) is 14.5. The highest BCUT2D eigenvalue weighted by molar-refractivity contribution is 6.42. The molecule has 1 unspecified atom stereocenters. The summed E-state index contributed by atoms with van der Waals surface area (Å²) in [6, 6.07) is 12.3. The molecule has 0 spiro atoms. The van der Waals surface area contributed by atoms with E-state index in [0.29, 0.717) is 10.0 Å². The standard InChI is InChI=1S/C16H16Cl2FN/c1-11(14-3-2-4-15(17)16(14)18)20-10-9-12-5-7-13(19)8-6-12/h2-8,11,20H,9-10H2,1H3. The number of halogens is 3. The Labute approximate surface area is 128 Å². The number of benzene rings is 2. The van der Waals surface area contributed by atoms with Gasteiger partial charge in [-0.05, 0) is 49.2 Å². The van der Waals surface area contributed by atoms with Crippen molar-refractivity contribution in [2.24, 2.45) is 0 Å². The summed E-state index contributed by atoms with van der Waals surface area (Å²) >= 11 is 12.2. The van der Waals surface area contributed by atoms with Gasteiger partial charge in [0.15, 0.2) is 0 Å². The van der Waals surface area contributed by atoms with Crippen molar-refractivity contribution in [1.29, 1.82) is 0 Å². The van der Waals surface area contributed by atoms with E-state index < -0.39 is 0 Å². The van der Waals surface area contributed by atoms with Crippen molar-refractivity contribution in [3.8, 4) is 0 Å². The van der Waals surface area contributed by atoms with E-state index in [0.717, 1.165) is 24.1 Å². The molecule has 0 saturated heterocycles. The summed E-state index contributed by atoms with van der Waals surface area (Å²) in [4.78, 5) is 0. The van der Waals surface area contributed by atoms with Gasteiger partial charge in [0, 0.05) is 6.04 Å². The molecule has 0 amide bonds. The molecule has 106 valence electrons. The van der Waals surface area contributed by atoms with Crippen molar-refractivity contribution in [2.45, 2.75) is 19.4 Å². The van der Waals surface area contributed by atoms with Gasteiger partial charge in [-0.2, -0.15) is 0 Å². The van der Waals surface area contributed by atoms with E-state index >= 15 is 0 Å². The van der Waals surface area contributed by atoms with Crippen LogP contribution in [0.5, 0.6) is 0 Å². The maximum absolute atomic E-state index is 12.8. The Morgan fingerprint density at radius 3 is 2.50 bits per heavy atom. The van der Waals surface area contributed by atoms with E-state index in [1.165, 1.54) is 12.1 Å². The smallest absolute Gasteiger partial charge is 0.123 e. The summed E-state index contributed by atoms with van der Waals surface area (Å²) in [7, 11) is 0. The van der Waals surface area contributed by atoms with Crippen LogP contribution in [0.1, 0.15) is 24.1 Å². The topological polar surface area (TPSA) is 12.0 Å². The van der Waals surface area contributed by atoms with Crippen LogP contribution in [0.25, 0.3) is 0 Å². The molecular formula is C16H16Cl2FN. The van der Waals surface area contributed by atoms with Crippen LogP contribution < -0.4 is 5.32 Å². The predicted molar refractivity (Wildman–Crippen MR) is 83.0 cm³/mol. The van der Waals surface area contributed by atoms with E-state index in [1.54, 1.807) is 18.2 Å². The van der Waals surface area contributed by atoms with E-state index in [4.69, 9.17) is 23.2 Å². The molecule has 0 aromatic heterocycles. The lowest BCUT2D eigenvalue weighted by atomic mass is 10.1. The lowest BCUT2D eigenvalue weighted by Crippen LogP contribution is -2.21. The minimum Gasteiger partial charge on any atom is -0.310 e. The first kappa shape index (κ1) is 15.3. The summed E-state index contributed by atoms with van der Waals surface area (Å²) in [6.07, 6.45) is 0.836. The molecule has 0 aliphatic carbocycles. The van der Waals surface area contributed by atoms with Gasteiger partial charge in [0.25, 0.3) is 0 Å². The van der Waals surface area contributed by atoms with Gasteiger partial charge in [0.05, 0.1) is 10.0 Å². The molecule has 2 aromatic rings. The molecule has 0 bridgehead atoms. The first-order valence-corrected chi connectivity index (χ1v) is 7.25. The van der Waals surface area contributed by atoms with Gasteiger partial charge in [0.2, 0.25) is 0 Å². The summed E-state index contributed by atoms with van der Waals surface area (Å²) in [5.41, 5.74) is 2.08. The van der Waals surface area contributed by atoms with Gasteiger partial charge in [-0.3, -0.25) is 0 Å².